The second kappa shape index (κ2) is 9.72. The Bertz CT molecular complexity index is 1390. The van der Waals surface area contributed by atoms with Crippen molar-refractivity contribution in [1.82, 2.24) is 19.1 Å². The lowest BCUT2D eigenvalue weighted by Crippen LogP contribution is -2.44. The summed E-state index contributed by atoms with van der Waals surface area (Å²) in [6.45, 7) is 2.10. The van der Waals surface area contributed by atoms with Crippen molar-refractivity contribution >= 4 is 16.1 Å². The van der Waals surface area contributed by atoms with Crippen LogP contribution in [0.1, 0.15) is 36.7 Å². The van der Waals surface area contributed by atoms with E-state index >= 15 is 0 Å². The van der Waals surface area contributed by atoms with Gasteiger partial charge in [0.05, 0.1) is 17.6 Å². The number of rotatable bonds is 8. The molecule has 0 bridgehead atoms. The molecule has 2 aromatic heterocycles. The predicted octanol–water partition coefficient (Wildman–Crippen LogP) is 5.06. The van der Waals surface area contributed by atoms with Gasteiger partial charge in [-0.05, 0) is 66.5 Å². The second-order valence-corrected chi connectivity index (χ2v) is 12.1. The third-order valence-corrected chi connectivity index (χ3v) is 9.47. The maximum Gasteiger partial charge on any atom is 0.404 e. The Morgan fingerprint density at radius 2 is 1.89 bits per heavy atom. The van der Waals surface area contributed by atoms with Gasteiger partial charge in [0.15, 0.2) is 5.75 Å². The van der Waals surface area contributed by atoms with Gasteiger partial charge in [-0.3, -0.25) is 4.98 Å². The number of para-hydroxylation sites is 1. The van der Waals surface area contributed by atoms with E-state index in [1.807, 2.05) is 41.2 Å². The number of hydrogen-bond donors (Lipinski definition) is 0. The Kier molecular flexibility index (Phi) is 6.74. The quantitative estimate of drug-likeness (QED) is 0.408. The molecule has 10 heteroatoms. The Labute approximate surface area is 214 Å². The Hall–Kier alpha value is -2.98. The number of benzene rings is 1. The first-order valence-electron chi connectivity index (χ1n) is 12.3. The Morgan fingerprint density at radius 1 is 1.14 bits per heavy atom. The molecule has 6 nitrogen and oxygen atoms in total. The van der Waals surface area contributed by atoms with Gasteiger partial charge in [0.1, 0.15) is 0 Å². The van der Waals surface area contributed by atoms with Gasteiger partial charge in [-0.2, -0.15) is 18.3 Å². The van der Waals surface area contributed by atoms with Crippen molar-refractivity contribution in [3.05, 3.63) is 83.4 Å². The molecular formula is C27H29F3N4O2S. The van der Waals surface area contributed by atoms with Crippen LogP contribution in [0.15, 0.2) is 66.5 Å². The normalized spacial score (nSPS) is 21.5. The first-order chi connectivity index (χ1) is 17.6. The zero-order valence-electron chi connectivity index (χ0n) is 20.5. The summed E-state index contributed by atoms with van der Waals surface area (Å²) < 4.78 is 68.4. The van der Waals surface area contributed by atoms with Gasteiger partial charge in [-0.15, -0.1) is 0 Å². The molecule has 0 N–H and O–H groups in total. The number of sulfonamides is 1. The molecule has 0 unspecified atom stereocenters. The van der Waals surface area contributed by atoms with Crippen molar-refractivity contribution in [2.75, 3.05) is 18.8 Å². The van der Waals surface area contributed by atoms with Crippen LogP contribution in [0.25, 0.3) is 11.8 Å². The summed E-state index contributed by atoms with van der Waals surface area (Å²) in [5.41, 5.74) is 4.51. The fraction of sp³-hybridized carbons (Fsp3) is 0.407. The number of fused-ring (bicyclic) bond motifs is 2. The molecule has 0 radical (unpaired) electrons. The van der Waals surface area contributed by atoms with E-state index in [0.717, 1.165) is 27.7 Å². The lowest BCUT2D eigenvalue weighted by Gasteiger charge is -2.38. The molecule has 0 saturated heterocycles. The number of aromatic nitrogens is 3. The number of halogens is 3. The highest BCUT2D eigenvalue weighted by molar-refractivity contribution is 7.89. The first kappa shape index (κ1) is 25.7. The fourth-order valence-electron chi connectivity index (χ4n) is 5.67. The maximum atomic E-state index is 13.2. The van der Waals surface area contributed by atoms with Gasteiger partial charge in [-0.1, -0.05) is 36.8 Å². The average Bonchev–Trinajstić information content (AvgIpc) is 3.39. The van der Waals surface area contributed by atoms with Crippen LogP contribution in [0, 0.1) is 11.3 Å². The van der Waals surface area contributed by atoms with Crippen LogP contribution in [-0.4, -0.2) is 52.5 Å². The second-order valence-electron chi connectivity index (χ2n) is 10.1. The van der Waals surface area contributed by atoms with Crippen molar-refractivity contribution in [3.63, 3.8) is 0 Å². The minimum Gasteiger partial charge on any atom is -0.261 e. The van der Waals surface area contributed by atoms with Crippen LogP contribution in [0.5, 0.6) is 0 Å². The molecule has 1 aromatic carbocycles. The molecule has 2 aliphatic carbocycles. The van der Waals surface area contributed by atoms with Crippen LogP contribution in [0.4, 0.5) is 13.2 Å². The topological polar surface area (TPSA) is 68.1 Å². The Morgan fingerprint density at radius 3 is 2.59 bits per heavy atom. The highest BCUT2D eigenvalue weighted by atomic mass is 32.2. The number of hydrogen-bond acceptors (Lipinski definition) is 4. The molecule has 2 heterocycles. The van der Waals surface area contributed by atoms with Crippen molar-refractivity contribution in [3.8, 4) is 5.69 Å². The van der Waals surface area contributed by atoms with Crippen LogP contribution in [0.2, 0.25) is 0 Å². The summed E-state index contributed by atoms with van der Waals surface area (Å²) >= 11 is 0. The number of allylic oxidation sites excluding steroid dienone is 1. The van der Waals surface area contributed by atoms with Crippen LogP contribution in [0.3, 0.4) is 0 Å². The summed E-state index contributed by atoms with van der Waals surface area (Å²) in [5, 5.41) is 4.59. The molecule has 2 aliphatic rings. The van der Waals surface area contributed by atoms with E-state index in [0.29, 0.717) is 18.5 Å². The molecule has 1 fully saturated rings. The first-order valence-corrected chi connectivity index (χ1v) is 13.9. The number of nitrogens with zero attached hydrogens (tertiary/aromatic N) is 4. The van der Waals surface area contributed by atoms with E-state index in [9.17, 15) is 21.6 Å². The van der Waals surface area contributed by atoms with Gasteiger partial charge in [0.2, 0.25) is 10.0 Å². The summed E-state index contributed by atoms with van der Waals surface area (Å²) in [5.74, 6) is -1.97. The summed E-state index contributed by atoms with van der Waals surface area (Å²) in [4.78, 5) is 4.21. The van der Waals surface area contributed by atoms with E-state index in [-0.39, 0.29) is 30.8 Å². The third kappa shape index (κ3) is 5.36. The smallest absolute Gasteiger partial charge is 0.261 e. The molecule has 0 spiro atoms. The highest BCUT2D eigenvalue weighted by Crippen LogP contribution is 2.53. The van der Waals surface area contributed by atoms with Crippen molar-refractivity contribution in [2.24, 2.45) is 11.3 Å². The van der Waals surface area contributed by atoms with E-state index in [1.165, 1.54) is 5.57 Å². The van der Waals surface area contributed by atoms with Crippen LogP contribution >= 0.6 is 0 Å². The molecule has 3 aromatic rings. The SMILES string of the molecule is C[C@]12Cc3cnn(-c4ccccc4)c3C=C1CC[C@@H]2CN(CCc1ccccn1)S(=O)(=O)CC(F)(F)F. The van der Waals surface area contributed by atoms with E-state index in [1.54, 1.807) is 24.4 Å². The van der Waals surface area contributed by atoms with Crippen LogP contribution < -0.4 is 0 Å². The van der Waals surface area contributed by atoms with Gasteiger partial charge in [0.25, 0.3) is 0 Å². The molecule has 5 rings (SSSR count). The molecule has 196 valence electrons. The molecule has 0 aliphatic heterocycles. The number of pyridine rings is 1. The maximum absolute atomic E-state index is 13.2. The lowest BCUT2D eigenvalue weighted by atomic mass is 9.70. The molecular weight excluding hydrogens is 501 g/mol. The lowest BCUT2D eigenvalue weighted by molar-refractivity contribution is -0.107. The predicted molar refractivity (Wildman–Crippen MR) is 135 cm³/mol. The van der Waals surface area contributed by atoms with Crippen molar-refractivity contribution in [1.29, 1.82) is 0 Å². The Balaban J connectivity index is 1.40. The van der Waals surface area contributed by atoms with Gasteiger partial charge < -0.3 is 0 Å². The standard InChI is InChI=1S/C27H29F3N4O2S/c1-26-16-20-17-32-34(24-8-3-2-4-9-24)25(20)15-21(26)10-11-22(26)18-33(37(35,36)19-27(28,29)30)14-12-23-7-5-6-13-31-23/h2-9,13,15,17,22H,10-12,14,16,18-19H2,1H3/t22-,26+/m1/s1. The number of alkyl halides is 3. The van der Waals surface area contributed by atoms with Gasteiger partial charge in [-0.25, -0.2) is 17.4 Å². The minimum atomic E-state index is -4.81. The monoisotopic (exact) mass is 530 g/mol. The van der Waals surface area contributed by atoms with Gasteiger partial charge in [0, 0.05) is 31.4 Å². The summed E-state index contributed by atoms with van der Waals surface area (Å²) in [7, 11) is -4.55. The molecule has 37 heavy (non-hydrogen) atoms. The van der Waals surface area contributed by atoms with E-state index < -0.39 is 22.0 Å². The summed E-state index contributed by atoms with van der Waals surface area (Å²) in [6, 6.07) is 15.1. The minimum absolute atomic E-state index is 0.0429. The largest absolute Gasteiger partial charge is 0.404 e. The average molecular weight is 531 g/mol. The van der Waals surface area contributed by atoms with E-state index in [4.69, 9.17) is 0 Å². The van der Waals surface area contributed by atoms with Gasteiger partial charge >= 0.3 is 6.18 Å². The van der Waals surface area contributed by atoms with Crippen molar-refractivity contribution < 1.29 is 21.6 Å². The van der Waals surface area contributed by atoms with Crippen molar-refractivity contribution in [2.45, 2.75) is 38.8 Å². The summed E-state index contributed by atoms with van der Waals surface area (Å²) in [6.07, 6.45) is 3.17. The molecule has 2 atom stereocenters. The fourth-order valence-corrected chi connectivity index (χ4v) is 7.05. The van der Waals surface area contributed by atoms with Crippen LogP contribution in [-0.2, 0) is 22.9 Å². The highest BCUT2D eigenvalue weighted by Gasteiger charge is 2.48. The molecule has 0 amide bonds. The molecule has 1 saturated carbocycles. The third-order valence-electron chi connectivity index (χ3n) is 7.66. The zero-order valence-corrected chi connectivity index (χ0v) is 21.3. The zero-order chi connectivity index (χ0) is 26.3. The van der Waals surface area contributed by atoms with E-state index in [2.05, 4.69) is 23.1 Å².